The van der Waals surface area contributed by atoms with Gasteiger partial charge in [0.25, 0.3) is 0 Å². The highest BCUT2D eigenvalue weighted by Crippen LogP contribution is 2.27. The number of hydrogen-bond donors (Lipinski definition) is 0. The van der Waals surface area contributed by atoms with Crippen molar-refractivity contribution in [3.05, 3.63) is 35.9 Å². The van der Waals surface area contributed by atoms with Gasteiger partial charge in [-0.15, -0.1) is 0 Å². The summed E-state index contributed by atoms with van der Waals surface area (Å²) in [6.45, 7) is 0. The molecule has 1 aromatic rings. The molecule has 0 radical (unpaired) electrons. The van der Waals surface area contributed by atoms with E-state index in [1.54, 1.807) is 0 Å². The molecule has 1 heterocycles. The van der Waals surface area contributed by atoms with Crippen molar-refractivity contribution >= 4 is 21.6 Å². The van der Waals surface area contributed by atoms with Gasteiger partial charge in [0, 0.05) is 11.8 Å². The Balaban J connectivity index is 2.07. The van der Waals surface area contributed by atoms with Gasteiger partial charge in [-0.2, -0.15) is 0 Å². The van der Waals surface area contributed by atoms with Crippen molar-refractivity contribution in [1.82, 2.24) is 0 Å². The van der Waals surface area contributed by atoms with Crippen LogP contribution in [0.4, 0.5) is 0 Å². The Labute approximate surface area is 85.7 Å². The Morgan fingerprint density at radius 2 is 2.15 bits per heavy atom. The fourth-order valence-electron chi connectivity index (χ4n) is 1.35. The highest BCUT2D eigenvalue weighted by atomic mass is 79.9. The molecule has 0 spiro atoms. The van der Waals surface area contributed by atoms with E-state index in [-0.39, 0.29) is 6.10 Å². The molecule has 0 saturated carbocycles. The van der Waals surface area contributed by atoms with Crippen LogP contribution in [0.1, 0.15) is 18.1 Å². The van der Waals surface area contributed by atoms with Crippen LogP contribution in [-0.4, -0.2) is 11.0 Å². The van der Waals surface area contributed by atoms with Crippen LogP contribution < -0.4 is 0 Å². The molecule has 0 N–H and O–H groups in total. The van der Waals surface area contributed by atoms with E-state index in [1.165, 1.54) is 5.56 Å². The average molecular weight is 240 g/mol. The number of halogens is 1. The van der Waals surface area contributed by atoms with Gasteiger partial charge in [-0.1, -0.05) is 51.4 Å². The minimum atomic E-state index is 0.119. The molecule has 1 aliphatic heterocycles. The average Bonchev–Trinajstić information content (AvgIpc) is 2.67. The van der Waals surface area contributed by atoms with E-state index >= 15 is 0 Å². The highest BCUT2D eigenvalue weighted by molar-refractivity contribution is 9.09. The van der Waals surface area contributed by atoms with E-state index < -0.39 is 0 Å². The number of rotatable bonds is 2. The van der Waals surface area contributed by atoms with Gasteiger partial charge in [-0.05, 0) is 5.56 Å². The Hall–Kier alpha value is -0.830. The third-order valence-corrected chi connectivity index (χ3v) is 2.70. The molecule has 0 amide bonds. The fraction of sp³-hybridized carbons (Fsp3) is 0.300. The second-order valence-electron chi connectivity index (χ2n) is 3.00. The van der Waals surface area contributed by atoms with Gasteiger partial charge in [0.2, 0.25) is 0 Å². The normalized spacial score (nSPS) is 21.0. The molecule has 1 aliphatic rings. The van der Waals surface area contributed by atoms with Gasteiger partial charge >= 0.3 is 0 Å². The molecule has 13 heavy (non-hydrogen) atoms. The maximum Gasteiger partial charge on any atom is 0.157 e. The molecule has 3 heteroatoms. The van der Waals surface area contributed by atoms with Crippen molar-refractivity contribution in [2.24, 2.45) is 5.16 Å². The molecule has 0 bridgehead atoms. The first-order chi connectivity index (χ1) is 6.40. The lowest BCUT2D eigenvalue weighted by Crippen LogP contribution is -2.00. The number of benzene rings is 1. The lowest BCUT2D eigenvalue weighted by atomic mass is 10.1. The molecular formula is C10H10BrNO. The zero-order valence-electron chi connectivity index (χ0n) is 7.11. The Morgan fingerprint density at radius 1 is 1.38 bits per heavy atom. The largest absolute Gasteiger partial charge is 0.387 e. The Bertz CT molecular complexity index is 310. The standard InChI is InChI=1S/C10H10BrNO/c11-7-9-6-10(13-12-9)8-4-2-1-3-5-8/h1-5,10H,6-7H2. The van der Waals surface area contributed by atoms with E-state index in [0.29, 0.717) is 0 Å². The number of oxime groups is 1. The molecule has 0 fully saturated rings. The van der Waals surface area contributed by atoms with E-state index in [2.05, 4.69) is 33.2 Å². The number of alkyl halides is 1. The van der Waals surface area contributed by atoms with Gasteiger partial charge in [-0.25, -0.2) is 0 Å². The SMILES string of the molecule is BrCC1=NOC(c2ccccc2)C1. The highest BCUT2D eigenvalue weighted by Gasteiger charge is 2.21. The lowest BCUT2D eigenvalue weighted by molar-refractivity contribution is 0.0857. The second kappa shape index (κ2) is 3.92. The van der Waals surface area contributed by atoms with Gasteiger partial charge < -0.3 is 4.84 Å². The summed E-state index contributed by atoms with van der Waals surface area (Å²) in [7, 11) is 0. The van der Waals surface area contributed by atoms with Crippen molar-refractivity contribution < 1.29 is 4.84 Å². The van der Waals surface area contributed by atoms with E-state index in [9.17, 15) is 0 Å². The molecule has 0 aromatic heterocycles. The summed E-state index contributed by atoms with van der Waals surface area (Å²) in [5, 5.41) is 4.78. The number of nitrogens with zero attached hydrogens (tertiary/aromatic N) is 1. The zero-order chi connectivity index (χ0) is 9.10. The van der Waals surface area contributed by atoms with Crippen molar-refractivity contribution in [3.63, 3.8) is 0 Å². The minimum Gasteiger partial charge on any atom is -0.387 e. The number of hydrogen-bond acceptors (Lipinski definition) is 2. The minimum absolute atomic E-state index is 0.119. The van der Waals surface area contributed by atoms with Gasteiger partial charge in [0.15, 0.2) is 6.10 Å². The maximum atomic E-state index is 5.30. The zero-order valence-corrected chi connectivity index (χ0v) is 8.70. The summed E-state index contributed by atoms with van der Waals surface area (Å²) in [4.78, 5) is 5.30. The van der Waals surface area contributed by atoms with Gasteiger partial charge in [0.05, 0.1) is 5.71 Å². The monoisotopic (exact) mass is 239 g/mol. The topological polar surface area (TPSA) is 21.6 Å². The summed E-state index contributed by atoms with van der Waals surface area (Å²) in [5.41, 5.74) is 2.27. The summed E-state index contributed by atoms with van der Waals surface area (Å²) in [6, 6.07) is 10.2. The van der Waals surface area contributed by atoms with Crippen LogP contribution >= 0.6 is 15.9 Å². The maximum absolute atomic E-state index is 5.30. The molecule has 2 nitrogen and oxygen atoms in total. The molecule has 68 valence electrons. The molecule has 2 rings (SSSR count). The third-order valence-electron chi connectivity index (χ3n) is 2.06. The van der Waals surface area contributed by atoms with Gasteiger partial charge in [-0.3, -0.25) is 0 Å². The third kappa shape index (κ3) is 1.91. The van der Waals surface area contributed by atoms with Crippen molar-refractivity contribution in [1.29, 1.82) is 0 Å². The summed E-state index contributed by atoms with van der Waals surface area (Å²) >= 11 is 3.37. The van der Waals surface area contributed by atoms with Gasteiger partial charge in [0.1, 0.15) is 0 Å². The lowest BCUT2D eigenvalue weighted by Gasteiger charge is -2.06. The van der Waals surface area contributed by atoms with E-state index in [1.807, 2.05) is 18.2 Å². The summed E-state index contributed by atoms with van der Waals surface area (Å²) in [5.74, 6) is 0. The van der Waals surface area contributed by atoms with Crippen molar-refractivity contribution in [2.75, 3.05) is 5.33 Å². The van der Waals surface area contributed by atoms with Crippen LogP contribution in [0.15, 0.2) is 35.5 Å². The summed E-state index contributed by atoms with van der Waals surface area (Å²) < 4.78 is 0. The van der Waals surface area contributed by atoms with Crippen LogP contribution in [-0.2, 0) is 4.84 Å². The molecule has 1 aromatic carbocycles. The Morgan fingerprint density at radius 3 is 2.77 bits per heavy atom. The fourth-order valence-corrected chi connectivity index (χ4v) is 1.68. The first-order valence-electron chi connectivity index (χ1n) is 4.22. The van der Waals surface area contributed by atoms with Crippen LogP contribution in [0, 0.1) is 0 Å². The smallest absolute Gasteiger partial charge is 0.157 e. The van der Waals surface area contributed by atoms with Crippen LogP contribution in [0.25, 0.3) is 0 Å². The first kappa shape index (κ1) is 8.75. The second-order valence-corrected chi connectivity index (χ2v) is 3.56. The van der Waals surface area contributed by atoms with Crippen molar-refractivity contribution in [3.8, 4) is 0 Å². The molecule has 0 aliphatic carbocycles. The predicted molar refractivity (Wildman–Crippen MR) is 56.1 cm³/mol. The Kier molecular flexibility index (Phi) is 2.64. The van der Waals surface area contributed by atoms with Crippen LogP contribution in [0.2, 0.25) is 0 Å². The molecule has 0 saturated heterocycles. The van der Waals surface area contributed by atoms with E-state index in [0.717, 1.165) is 17.5 Å². The molecular weight excluding hydrogens is 230 g/mol. The quantitative estimate of drug-likeness (QED) is 0.728. The predicted octanol–water partition coefficient (Wildman–Crippen LogP) is 2.90. The molecule has 1 unspecified atom stereocenters. The van der Waals surface area contributed by atoms with Crippen LogP contribution in [0.5, 0.6) is 0 Å². The summed E-state index contributed by atoms with van der Waals surface area (Å²) in [6.07, 6.45) is 1.02. The first-order valence-corrected chi connectivity index (χ1v) is 5.35. The molecule has 1 atom stereocenters. The van der Waals surface area contributed by atoms with Crippen LogP contribution in [0.3, 0.4) is 0 Å². The van der Waals surface area contributed by atoms with E-state index in [4.69, 9.17) is 4.84 Å². The van der Waals surface area contributed by atoms with Crippen molar-refractivity contribution in [2.45, 2.75) is 12.5 Å².